The summed E-state index contributed by atoms with van der Waals surface area (Å²) in [4.78, 5) is 12.3. The minimum atomic E-state index is -3.29. The van der Waals surface area contributed by atoms with E-state index in [0.717, 1.165) is 25.7 Å². The van der Waals surface area contributed by atoms with Crippen LogP contribution in [0.2, 0.25) is 0 Å². The first-order chi connectivity index (χ1) is 11.8. The lowest BCUT2D eigenvalue weighted by Crippen LogP contribution is -2.43. The van der Waals surface area contributed by atoms with E-state index in [1.807, 2.05) is 0 Å². The highest BCUT2D eigenvalue weighted by Gasteiger charge is 2.28. The van der Waals surface area contributed by atoms with Gasteiger partial charge in [0.2, 0.25) is 10.0 Å². The molecule has 8 heteroatoms. The third-order valence-electron chi connectivity index (χ3n) is 4.39. The van der Waals surface area contributed by atoms with E-state index in [9.17, 15) is 13.2 Å². The molecule has 0 radical (unpaired) electrons. The summed E-state index contributed by atoms with van der Waals surface area (Å²) in [6, 6.07) is 4.96. The summed E-state index contributed by atoms with van der Waals surface area (Å²) in [7, 11) is -0.258. The van der Waals surface area contributed by atoms with Gasteiger partial charge in [0.25, 0.3) is 5.91 Å². The zero-order valence-electron chi connectivity index (χ0n) is 14.9. The predicted octanol–water partition coefficient (Wildman–Crippen LogP) is 1.64. The molecule has 1 aromatic rings. The number of amides is 1. The van der Waals surface area contributed by atoms with Crippen molar-refractivity contribution < 1.29 is 22.7 Å². The van der Waals surface area contributed by atoms with Gasteiger partial charge >= 0.3 is 0 Å². The monoisotopic (exact) mass is 370 g/mol. The Morgan fingerprint density at radius 1 is 1.16 bits per heavy atom. The van der Waals surface area contributed by atoms with Gasteiger partial charge in [-0.2, -0.15) is 4.31 Å². The van der Waals surface area contributed by atoms with E-state index in [0.29, 0.717) is 17.1 Å². The number of nitrogens with zero attached hydrogens (tertiary/aromatic N) is 1. The molecule has 1 fully saturated rings. The van der Waals surface area contributed by atoms with Crippen molar-refractivity contribution in [3.8, 4) is 11.5 Å². The van der Waals surface area contributed by atoms with Crippen LogP contribution in [0.4, 0.5) is 0 Å². The van der Waals surface area contributed by atoms with E-state index in [4.69, 9.17) is 9.47 Å². The molecule has 0 heterocycles. The number of carbonyl (C=O) groups excluding carboxylic acids is 1. The number of carbonyl (C=O) groups is 1. The van der Waals surface area contributed by atoms with Crippen LogP contribution in [0.5, 0.6) is 11.5 Å². The summed E-state index contributed by atoms with van der Waals surface area (Å²) in [5.74, 6) is 0.749. The molecule has 1 N–H and O–H groups in total. The molecular weight excluding hydrogens is 344 g/mol. The minimum Gasteiger partial charge on any atom is -0.497 e. The number of ether oxygens (including phenoxy) is 2. The smallest absolute Gasteiger partial charge is 0.251 e. The summed E-state index contributed by atoms with van der Waals surface area (Å²) in [5, 5.41) is 2.77. The SMILES string of the molecule is COc1cc(OC)cc(C(=O)NCCN(C2CCCC2)S(C)(=O)=O)c1. The quantitative estimate of drug-likeness (QED) is 0.752. The number of methoxy groups -OCH3 is 2. The first-order valence-corrected chi connectivity index (χ1v) is 10.2. The Morgan fingerprint density at radius 3 is 2.20 bits per heavy atom. The van der Waals surface area contributed by atoms with Crippen LogP contribution < -0.4 is 14.8 Å². The molecule has 1 aliphatic rings. The summed E-state index contributed by atoms with van der Waals surface area (Å²) in [5.41, 5.74) is 0.406. The zero-order chi connectivity index (χ0) is 18.4. The highest BCUT2D eigenvalue weighted by Crippen LogP contribution is 2.25. The fourth-order valence-corrected chi connectivity index (χ4v) is 4.31. The number of rotatable bonds is 8. The number of sulfonamides is 1. The van der Waals surface area contributed by atoms with Crippen LogP contribution >= 0.6 is 0 Å². The largest absolute Gasteiger partial charge is 0.497 e. The Bertz CT molecular complexity index is 677. The van der Waals surface area contributed by atoms with Crippen LogP contribution in [0.25, 0.3) is 0 Å². The molecule has 1 aromatic carbocycles. The number of hydrogen-bond donors (Lipinski definition) is 1. The molecule has 0 atom stereocenters. The molecule has 0 bridgehead atoms. The molecule has 1 amide bonds. The topological polar surface area (TPSA) is 84.9 Å². The molecule has 0 spiro atoms. The van der Waals surface area contributed by atoms with Crippen LogP contribution in [0.15, 0.2) is 18.2 Å². The number of hydrogen-bond acceptors (Lipinski definition) is 5. The van der Waals surface area contributed by atoms with Crippen molar-refractivity contribution in [2.75, 3.05) is 33.6 Å². The van der Waals surface area contributed by atoms with Gasteiger partial charge in [0.1, 0.15) is 11.5 Å². The molecule has 25 heavy (non-hydrogen) atoms. The summed E-state index contributed by atoms with van der Waals surface area (Å²) >= 11 is 0. The van der Waals surface area contributed by atoms with E-state index >= 15 is 0 Å². The van der Waals surface area contributed by atoms with Crippen molar-refractivity contribution >= 4 is 15.9 Å². The molecule has 140 valence electrons. The molecule has 0 aliphatic heterocycles. The van der Waals surface area contributed by atoms with Gasteiger partial charge in [-0.1, -0.05) is 12.8 Å². The molecule has 1 aliphatic carbocycles. The van der Waals surface area contributed by atoms with E-state index < -0.39 is 10.0 Å². The van der Waals surface area contributed by atoms with Gasteiger partial charge in [0.15, 0.2) is 0 Å². The molecular formula is C17H26N2O5S. The average molecular weight is 370 g/mol. The van der Waals surface area contributed by atoms with E-state index in [1.165, 1.54) is 24.8 Å². The Balaban J connectivity index is 1.99. The Kier molecular flexibility index (Phi) is 6.66. The van der Waals surface area contributed by atoms with Crippen LogP contribution in [-0.4, -0.2) is 58.2 Å². The third kappa shape index (κ3) is 5.34. The van der Waals surface area contributed by atoms with Crippen molar-refractivity contribution in [3.05, 3.63) is 23.8 Å². The van der Waals surface area contributed by atoms with Crippen molar-refractivity contribution in [2.45, 2.75) is 31.7 Å². The van der Waals surface area contributed by atoms with E-state index in [1.54, 1.807) is 18.2 Å². The first kappa shape index (κ1) is 19.5. The highest BCUT2D eigenvalue weighted by molar-refractivity contribution is 7.88. The second kappa shape index (κ2) is 8.53. The van der Waals surface area contributed by atoms with Gasteiger partial charge in [0.05, 0.1) is 20.5 Å². The van der Waals surface area contributed by atoms with E-state index in [2.05, 4.69) is 5.32 Å². The molecule has 2 rings (SSSR count). The summed E-state index contributed by atoms with van der Waals surface area (Å²) in [6.45, 7) is 0.526. The lowest BCUT2D eigenvalue weighted by molar-refractivity contribution is 0.0949. The van der Waals surface area contributed by atoms with Gasteiger partial charge in [-0.3, -0.25) is 4.79 Å². The zero-order valence-corrected chi connectivity index (χ0v) is 15.8. The van der Waals surface area contributed by atoms with Crippen LogP contribution in [0.1, 0.15) is 36.0 Å². The lowest BCUT2D eigenvalue weighted by Gasteiger charge is -2.26. The lowest BCUT2D eigenvalue weighted by atomic mass is 10.2. The maximum atomic E-state index is 12.3. The predicted molar refractivity (Wildman–Crippen MR) is 95.7 cm³/mol. The summed E-state index contributed by atoms with van der Waals surface area (Å²) < 4.78 is 35.8. The fourth-order valence-electron chi connectivity index (χ4n) is 3.13. The van der Waals surface area contributed by atoms with Crippen molar-refractivity contribution in [1.29, 1.82) is 0 Å². The first-order valence-electron chi connectivity index (χ1n) is 8.33. The second-order valence-electron chi connectivity index (χ2n) is 6.17. The normalized spacial score (nSPS) is 15.4. The third-order valence-corrected chi connectivity index (χ3v) is 5.72. The summed E-state index contributed by atoms with van der Waals surface area (Å²) in [6.07, 6.45) is 5.08. The minimum absolute atomic E-state index is 0.0452. The Labute approximate surface area is 149 Å². The van der Waals surface area contributed by atoms with Gasteiger partial charge in [0, 0.05) is 30.8 Å². The molecule has 0 unspecified atom stereocenters. The van der Waals surface area contributed by atoms with Gasteiger partial charge in [-0.15, -0.1) is 0 Å². The van der Waals surface area contributed by atoms with Crippen LogP contribution in [0, 0.1) is 0 Å². The van der Waals surface area contributed by atoms with Gasteiger partial charge in [-0.05, 0) is 25.0 Å². The fraction of sp³-hybridized carbons (Fsp3) is 0.588. The van der Waals surface area contributed by atoms with Gasteiger partial charge in [-0.25, -0.2) is 8.42 Å². The Morgan fingerprint density at radius 2 is 1.72 bits per heavy atom. The Hall–Kier alpha value is -1.80. The van der Waals surface area contributed by atoms with Crippen LogP contribution in [-0.2, 0) is 10.0 Å². The van der Waals surface area contributed by atoms with Crippen molar-refractivity contribution in [2.24, 2.45) is 0 Å². The maximum Gasteiger partial charge on any atom is 0.251 e. The molecule has 0 aromatic heterocycles. The second-order valence-corrected chi connectivity index (χ2v) is 8.10. The van der Waals surface area contributed by atoms with Gasteiger partial charge < -0.3 is 14.8 Å². The molecule has 1 saturated carbocycles. The average Bonchev–Trinajstić information content (AvgIpc) is 3.10. The molecule has 7 nitrogen and oxygen atoms in total. The maximum absolute atomic E-state index is 12.3. The van der Waals surface area contributed by atoms with Crippen molar-refractivity contribution in [3.63, 3.8) is 0 Å². The van der Waals surface area contributed by atoms with Crippen LogP contribution in [0.3, 0.4) is 0 Å². The number of benzene rings is 1. The highest BCUT2D eigenvalue weighted by atomic mass is 32.2. The van der Waals surface area contributed by atoms with E-state index in [-0.39, 0.29) is 25.0 Å². The standard InChI is InChI=1S/C17H26N2O5S/c1-23-15-10-13(11-16(12-15)24-2)17(20)18-8-9-19(25(3,21)22)14-6-4-5-7-14/h10-12,14H,4-9H2,1-3H3,(H,18,20). The van der Waals surface area contributed by atoms with Crippen molar-refractivity contribution in [1.82, 2.24) is 9.62 Å². The number of nitrogens with one attached hydrogen (secondary N) is 1. The molecule has 0 saturated heterocycles.